The summed E-state index contributed by atoms with van der Waals surface area (Å²) in [6, 6.07) is 9.42. The molecule has 152 valence electrons. The first kappa shape index (κ1) is 20.3. The fraction of sp³-hybridized carbons (Fsp3) is 0.333. The summed E-state index contributed by atoms with van der Waals surface area (Å²) >= 11 is 0. The fourth-order valence-electron chi connectivity index (χ4n) is 2.71. The summed E-state index contributed by atoms with van der Waals surface area (Å²) in [5.41, 5.74) is 1.95. The van der Waals surface area contributed by atoms with E-state index in [4.69, 9.17) is 14.0 Å². The van der Waals surface area contributed by atoms with Gasteiger partial charge in [-0.1, -0.05) is 11.2 Å². The molecule has 0 saturated carbocycles. The molecule has 2 aromatic heterocycles. The molecule has 0 aliphatic rings. The van der Waals surface area contributed by atoms with Crippen molar-refractivity contribution in [3.8, 4) is 11.5 Å². The molecular weight excluding hydrogens is 372 g/mol. The molecule has 0 aliphatic carbocycles. The number of nitrogens with zero attached hydrogens (tertiary/aromatic N) is 3. The van der Waals surface area contributed by atoms with Gasteiger partial charge in [0.2, 0.25) is 11.8 Å². The summed E-state index contributed by atoms with van der Waals surface area (Å²) < 4.78 is 16.3. The van der Waals surface area contributed by atoms with E-state index < -0.39 is 0 Å². The average molecular weight is 396 g/mol. The third-order valence-electron chi connectivity index (χ3n) is 4.23. The second-order valence-electron chi connectivity index (χ2n) is 6.49. The number of hydrogen-bond donors (Lipinski definition) is 1. The standard InChI is InChI=1S/C21H24N4O4/c1-15-24-21(29-25-15)5-3-4-20(26)23-13-17-6-7-18(19(12-17)27-2)28-14-16-8-10-22-11-9-16/h6-12H,3-5,13-14H2,1-2H3,(H,23,26). The largest absolute Gasteiger partial charge is 0.493 e. The SMILES string of the molecule is COc1cc(CNC(=O)CCCc2nc(C)no2)ccc1OCc1ccncc1. The lowest BCUT2D eigenvalue weighted by atomic mass is 10.2. The van der Waals surface area contributed by atoms with Crippen molar-refractivity contribution in [1.29, 1.82) is 0 Å². The van der Waals surface area contributed by atoms with Gasteiger partial charge in [-0.25, -0.2) is 0 Å². The smallest absolute Gasteiger partial charge is 0.226 e. The Kier molecular flexibility index (Phi) is 7.16. The Bertz CT molecular complexity index is 927. The first-order valence-electron chi connectivity index (χ1n) is 9.38. The highest BCUT2D eigenvalue weighted by molar-refractivity contribution is 5.75. The lowest BCUT2D eigenvalue weighted by molar-refractivity contribution is -0.121. The number of ether oxygens (including phenoxy) is 2. The number of aryl methyl sites for hydroxylation is 2. The minimum atomic E-state index is -0.0294. The van der Waals surface area contributed by atoms with Crippen molar-refractivity contribution < 1.29 is 18.8 Å². The van der Waals surface area contributed by atoms with Crippen molar-refractivity contribution in [2.75, 3.05) is 7.11 Å². The molecule has 3 rings (SSSR count). The lowest BCUT2D eigenvalue weighted by Gasteiger charge is -2.13. The molecule has 0 unspecified atom stereocenters. The maximum atomic E-state index is 12.1. The van der Waals surface area contributed by atoms with Gasteiger partial charge < -0.3 is 19.3 Å². The number of benzene rings is 1. The normalized spacial score (nSPS) is 10.6. The second-order valence-corrected chi connectivity index (χ2v) is 6.49. The van der Waals surface area contributed by atoms with Crippen molar-refractivity contribution in [3.63, 3.8) is 0 Å². The van der Waals surface area contributed by atoms with E-state index in [1.807, 2.05) is 30.3 Å². The number of pyridine rings is 1. The second kappa shape index (κ2) is 10.2. The monoisotopic (exact) mass is 396 g/mol. The van der Waals surface area contributed by atoms with Crippen LogP contribution in [0.5, 0.6) is 11.5 Å². The summed E-state index contributed by atoms with van der Waals surface area (Å²) in [4.78, 5) is 20.2. The summed E-state index contributed by atoms with van der Waals surface area (Å²) in [6.07, 6.45) is 5.09. The summed E-state index contributed by atoms with van der Waals surface area (Å²) in [5, 5.41) is 6.64. The van der Waals surface area contributed by atoms with Gasteiger partial charge in [-0.05, 0) is 48.7 Å². The Labute approximate surface area is 169 Å². The number of methoxy groups -OCH3 is 1. The van der Waals surface area contributed by atoms with E-state index in [0.717, 1.165) is 11.1 Å². The lowest BCUT2D eigenvalue weighted by Crippen LogP contribution is -2.22. The first-order valence-corrected chi connectivity index (χ1v) is 9.38. The molecule has 8 nitrogen and oxygen atoms in total. The molecule has 2 heterocycles. The molecule has 0 fully saturated rings. The van der Waals surface area contributed by atoms with Crippen LogP contribution in [0.4, 0.5) is 0 Å². The molecule has 3 aromatic rings. The summed E-state index contributed by atoms with van der Waals surface area (Å²) in [6.45, 7) is 2.61. The molecule has 0 radical (unpaired) electrons. The number of hydrogen-bond acceptors (Lipinski definition) is 7. The summed E-state index contributed by atoms with van der Waals surface area (Å²) in [7, 11) is 1.59. The average Bonchev–Trinajstić information content (AvgIpc) is 3.16. The molecular formula is C21H24N4O4. The van der Waals surface area contributed by atoms with Crippen LogP contribution in [0.3, 0.4) is 0 Å². The zero-order chi connectivity index (χ0) is 20.5. The van der Waals surface area contributed by atoms with Gasteiger partial charge in [0.1, 0.15) is 6.61 Å². The van der Waals surface area contributed by atoms with Crippen molar-refractivity contribution >= 4 is 5.91 Å². The predicted octanol–water partition coefficient (Wildman–Crippen LogP) is 3.00. The molecule has 1 aromatic carbocycles. The predicted molar refractivity (Wildman–Crippen MR) is 105 cm³/mol. The quantitative estimate of drug-likeness (QED) is 0.562. The Morgan fingerprint density at radius 2 is 1.97 bits per heavy atom. The first-order chi connectivity index (χ1) is 14.1. The zero-order valence-corrected chi connectivity index (χ0v) is 16.6. The van der Waals surface area contributed by atoms with Crippen LogP contribution in [0.1, 0.15) is 35.7 Å². The maximum absolute atomic E-state index is 12.1. The molecule has 8 heteroatoms. The topological polar surface area (TPSA) is 99.4 Å². The van der Waals surface area contributed by atoms with Gasteiger partial charge in [-0.2, -0.15) is 4.98 Å². The van der Waals surface area contributed by atoms with Gasteiger partial charge in [-0.3, -0.25) is 9.78 Å². The van der Waals surface area contributed by atoms with Crippen LogP contribution in [0.15, 0.2) is 47.2 Å². The van der Waals surface area contributed by atoms with E-state index in [1.165, 1.54) is 0 Å². The molecule has 29 heavy (non-hydrogen) atoms. The van der Waals surface area contributed by atoms with E-state index in [9.17, 15) is 4.79 Å². The highest BCUT2D eigenvalue weighted by atomic mass is 16.5. The number of carbonyl (C=O) groups excluding carboxylic acids is 1. The highest BCUT2D eigenvalue weighted by Crippen LogP contribution is 2.28. The van der Waals surface area contributed by atoms with Crippen LogP contribution in [-0.2, 0) is 24.4 Å². The van der Waals surface area contributed by atoms with Crippen LogP contribution < -0.4 is 14.8 Å². The maximum Gasteiger partial charge on any atom is 0.226 e. The van der Waals surface area contributed by atoms with Gasteiger partial charge in [0.05, 0.1) is 7.11 Å². The summed E-state index contributed by atoms with van der Waals surface area (Å²) in [5.74, 6) is 2.40. The Hall–Kier alpha value is -3.42. The van der Waals surface area contributed by atoms with Crippen LogP contribution in [0, 0.1) is 6.92 Å². The number of carbonyl (C=O) groups is 1. The third-order valence-corrected chi connectivity index (χ3v) is 4.23. The molecule has 0 aliphatic heterocycles. The van der Waals surface area contributed by atoms with E-state index in [-0.39, 0.29) is 5.91 Å². The molecule has 0 atom stereocenters. The Balaban J connectivity index is 1.45. The highest BCUT2D eigenvalue weighted by Gasteiger charge is 2.09. The molecule has 1 amide bonds. The number of aromatic nitrogens is 3. The van der Waals surface area contributed by atoms with Gasteiger partial charge in [0.15, 0.2) is 17.3 Å². The van der Waals surface area contributed by atoms with E-state index in [1.54, 1.807) is 26.4 Å². The van der Waals surface area contributed by atoms with Crippen LogP contribution in [-0.4, -0.2) is 28.1 Å². The van der Waals surface area contributed by atoms with Crippen LogP contribution in [0.25, 0.3) is 0 Å². The van der Waals surface area contributed by atoms with Gasteiger partial charge in [-0.15, -0.1) is 0 Å². The van der Waals surface area contributed by atoms with E-state index >= 15 is 0 Å². The molecule has 0 saturated heterocycles. The number of nitrogens with one attached hydrogen (secondary N) is 1. The van der Waals surface area contributed by atoms with Crippen molar-refractivity contribution in [2.45, 2.75) is 39.3 Å². The zero-order valence-electron chi connectivity index (χ0n) is 16.6. The number of rotatable bonds is 10. The van der Waals surface area contributed by atoms with Crippen LogP contribution >= 0.6 is 0 Å². The number of amides is 1. The van der Waals surface area contributed by atoms with Crippen molar-refractivity contribution in [2.24, 2.45) is 0 Å². The fourth-order valence-corrected chi connectivity index (χ4v) is 2.71. The molecule has 1 N–H and O–H groups in total. The van der Waals surface area contributed by atoms with Gasteiger partial charge >= 0.3 is 0 Å². The minimum Gasteiger partial charge on any atom is -0.493 e. The molecule has 0 bridgehead atoms. The van der Waals surface area contributed by atoms with E-state index in [2.05, 4.69) is 20.4 Å². The molecule has 0 spiro atoms. The van der Waals surface area contributed by atoms with Crippen molar-refractivity contribution in [3.05, 3.63) is 65.6 Å². The minimum absolute atomic E-state index is 0.0294. The van der Waals surface area contributed by atoms with Gasteiger partial charge in [0.25, 0.3) is 0 Å². The Morgan fingerprint density at radius 1 is 1.14 bits per heavy atom. The van der Waals surface area contributed by atoms with E-state index in [0.29, 0.717) is 55.6 Å². The Morgan fingerprint density at radius 3 is 2.69 bits per heavy atom. The van der Waals surface area contributed by atoms with Crippen molar-refractivity contribution in [1.82, 2.24) is 20.4 Å². The van der Waals surface area contributed by atoms with Crippen LogP contribution in [0.2, 0.25) is 0 Å². The third kappa shape index (κ3) is 6.31. The van der Waals surface area contributed by atoms with Gasteiger partial charge in [0, 0.05) is 31.8 Å².